The molecule has 2 aliphatic rings. The number of amides is 1. The fraction of sp³-hybridized carbons (Fsp3) is 0.333. The molecule has 0 aromatic heterocycles. The number of fused-ring (bicyclic) bond motifs is 3. The molecular formula is C21H22N2O3. The van der Waals surface area contributed by atoms with Gasteiger partial charge >= 0.3 is 0 Å². The second-order valence-electron chi connectivity index (χ2n) is 6.74. The van der Waals surface area contributed by atoms with Crippen LogP contribution in [-0.4, -0.2) is 30.8 Å². The summed E-state index contributed by atoms with van der Waals surface area (Å²) in [5, 5.41) is 6.38. The Kier molecular flexibility index (Phi) is 4.15. The predicted octanol–water partition coefficient (Wildman–Crippen LogP) is 3.57. The summed E-state index contributed by atoms with van der Waals surface area (Å²) < 4.78 is 10.7. The third kappa shape index (κ3) is 2.64. The molecule has 1 aliphatic heterocycles. The lowest BCUT2D eigenvalue weighted by atomic mass is 9.77. The summed E-state index contributed by atoms with van der Waals surface area (Å²) in [6.45, 7) is 1.57. The topological polar surface area (TPSA) is 51.1 Å². The minimum Gasteiger partial charge on any atom is -0.497 e. The summed E-state index contributed by atoms with van der Waals surface area (Å²) in [6.07, 6.45) is 1.94. The first-order valence-corrected chi connectivity index (χ1v) is 8.82. The van der Waals surface area contributed by atoms with Gasteiger partial charge in [0.2, 0.25) is 5.91 Å². The molecule has 2 aromatic carbocycles. The third-order valence-corrected chi connectivity index (χ3v) is 5.31. The van der Waals surface area contributed by atoms with Crippen molar-refractivity contribution in [2.75, 3.05) is 14.2 Å². The highest BCUT2D eigenvalue weighted by molar-refractivity contribution is 6.07. The molecule has 1 amide bonds. The molecule has 2 aromatic rings. The lowest BCUT2D eigenvalue weighted by Crippen LogP contribution is -2.31. The van der Waals surface area contributed by atoms with E-state index in [0.717, 1.165) is 41.2 Å². The first kappa shape index (κ1) is 16.6. The van der Waals surface area contributed by atoms with Gasteiger partial charge in [0, 0.05) is 18.4 Å². The fourth-order valence-electron chi connectivity index (χ4n) is 4.01. The molecule has 5 heteroatoms. The van der Waals surface area contributed by atoms with Crippen LogP contribution >= 0.6 is 0 Å². The van der Waals surface area contributed by atoms with E-state index in [0.29, 0.717) is 0 Å². The largest absolute Gasteiger partial charge is 0.497 e. The zero-order valence-electron chi connectivity index (χ0n) is 15.2. The number of nitrogens with zero attached hydrogens (tertiary/aromatic N) is 2. The molecule has 0 fully saturated rings. The van der Waals surface area contributed by atoms with Crippen LogP contribution in [0.25, 0.3) is 0 Å². The molecule has 0 radical (unpaired) electrons. The van der Waals surface area contributed by atoms with Crippen LogP contribution < -0.4 is 9.47 Å². The molecular weight excluding hydrogens is 328 g/mol. The molecule has 26 heavy (non-hydrogen) atoms. The van der Waals surface area contributed by atoms with Gasteiger partial charge in [0.15, 0.2) is 0 Å². The van der Waals surface area contributed by atoms with Gasteiger partial charge < -0.3 is 9.47 Å². The van der Waals surface area contributed by atoms with Crippen LogP contribution in [0.15, 0.2) is 47.6 Å². The van der Waals surface area contributed by atoms with Gasteiger partial charge in [-0.15, -0.1) is 0 Å². The summed E-state index contributed by atoms with van der Waals surface area (Å²) in [4.78, 5) is 12.3. The Bertz CT molecular complexity index is 873. The van der Waals surface area contributed by atoms with Crippen molar-refractivity contribution in [1.82, 2.24) is 5.01 Å². The summed E-state index contributed by atoms with van der Waals surface area (Å²) in [5.41, 5.74) is 4.43. The zero-order chi connectivity index (χ0) is 18.3. The zero-order valence-corrected chi connectivity index (χ0v) is 15.2. The monoisotopic (exact) mass is 350 g/mol. The van der Waals surface area contributed by atoms with E-state index in [1.807, 2.05) is 36.4 Å². The van der Waals surface area contributed by atoms with Crippen LogP contribution in [0.2, 0.25) is 0 Å². The second-order valence-corrected chi connectivity index (χ2v) is 6.74. The Morgan fingerprint density at radius 3 is 2.42 bits per heavy atom. The van der Waals surface area contributed by atoms with Crippen LogP contribution in [-0.2, 0) is 11.2 Å². The summed E-state index contributed by atoms with van der Waals surface area (Å²) in [5.74, 6) is 1.76. The van der Waals surface area contributed by atoms with Crippen LogP contribution in [0, 0.1) is 5.92 Å². The van der Waals surface area contributed by atoms with E-state index in [4.69, 9.17) is 14.6 Å². The average Bonchev–Trinajstić information content (AvgIpc) is 3.08. The molecule has 0 N–H and O–H groups in total. The van der Waals surface area contributed by atoms with E-state index in [-0.39, 0.29) is 17.9 Å². The Balaban J connectivity index is 1.77. The Hall–Kier alpha value is -2.82. The lowest BCUT2D eigenvalue weighted by Gasteiger charge is -2.29. The highest BCUT2D eigenvalue weighted by atomic mass is 16.5. The van der Waals surface area contributed by atoms with Crippen molar-refractivity contribution in [3.8, 4) is 11.5 Å². The van der Waals surface area contributed by atoms with Crippen LogP contribution in [0.1, 0.15) is 36.1 Å². The minimum absolute atomic E-state index is 0.0443. The predicted molar refractivity (Wildman–Crippen MR) is 99.6 cm³/mol. The number of aryl methyl sites for hydroxylation is 1. The van der Waals surface area contributed by atoms with E-state index in [9.17, 15) is 4.79 Å². The summed E-state index contributed by atoms with van der Waals surface area (Å²) in [7, 11) is 3.32. The molecule has 0 bridgehead atoms. The van der Waals surface area contributed by atoms with E-state index in [2.05, 4.69) is 6.07 Å². The Labute approximate surface area is 153 Å². The number of benzene rings is 2. The SMILES string of the molecule is COc1ccc([C@@H]2[C@H]3CCc4ccc(OC)cc4C3=NN2C(C)=O)cc1. The van der Waals surface area contributed by atoms with Crippen molar-refractivity contribution in [3.05, 3.63) is 59.2 Å². The lowest BCUT2D eigenvalue weighted by molar-refractivity contribution is -0.131. The number of hydrazone groups is 1. The summed E-state index contributed by atoms with van der Waals surface area (Å²) in [6, 6.07) is 14.0. The molecule has 134 valence electrons. The molecule has 2 atom stereocenters. The van der Waals surface area contributed by atoms with E-state index < -0.39 is 0 Å². The number of methoxy groups -OCH3 is 2. The Morgan fingerprint density at radius 2 is 1.77 bits per heavy atom. The van der Waals surface area contributed by atoms with Crippen molar-refractivity contribution < 1.29 is 14.3 Å². The third-order valence-electron chi connectivity index (χ3n) is 5.31. The number of rotatable bonds is 3. The van der Waals surface area contributed by atoms with Gasteiger partial charge in [0.05, 0.1) is 26.0 Å². The maximum atomic E-state index is 12.3. The Morgan fingerprint density at radius 1 is 1.08 bits per heavy atom. The van der Waals surface area contributed by atoms with Gasteiger partial charge in [-0.05, 0) is 48.2 Å². The minimum atomic E-state index is -0.0762. The highest BCUT2D eigenvalue weighted by Crippen LogP contribution is 2.44. The van der Waals surface area contributed by atoms with Crippen LogP contribution in [0.5, 0.6) is 11.5 Å². The van der Waals surface area contributed by atoms with Gasteiger partial charge in [-0.25, -0.2) is 5.01 Å². The maximum Gasteiger partial charge on any atom is 0.240 e. The van der Waals surface area contributed by atoms with E-state index in [1.54, 1.807) is 26.2 Å². The van der Waals surface area contributed by atoms with E-state index >= 15 is 0 Å². The molecule has 0 unspecified atom stereocenters. The molecule has 5 nitrogen and oxygen atoms in total. The number of ether oxygens (including phenoxy) is 2. The number of carbonyl (C=O) groups is 1. The van der Waals surface area contributed by atoms with Crippen molar-refractivity contribution in [2.45, 2.75) is 25.8 Å². The van der Waals surface area contributed by atoms with Gasteiger partial charge in [0.1, 0.15) is 11.5 Å². The van der Waals surface area contributed by atoms with Gasteiger partial charge in [-0.2, -0.15) is 5.10 Å². The standard InChI is InChI=1S/C21H22N2O3/c1-13(24)23-21(15-5-8-16(25-2)9-6-15)18-11-7-14-4-10-17(26-3)12-19(14)20(18)22-23/h4-6,8-10,12,18,21H,7,11H2,1-3H3/t18-,21+/m0/s1. The van der Waals surface area contributed by atoms with Crippen molar-refractivity contribution in [1.29, 1.82) is 0 Å². The number of carbonyl (C=O) groups excluding carboxylic acids is 1. The molecule has 0 saturated heterocycles. The normalized spacial score (nSPS) is 20.9. The van der Waals surface area contributed by atoms with Gasteiger partial charge in [0.25, 0.3) is 0 Å². The van der Waals surface area contributed by atoms with Crippen molar-refractivity contribution in [3.63, 3.8) is 0 Å². The van der Waals surface area contributed by atoms with Crippen molar-refractivity contribution >= 4 is 11.6 Å². The number of hydrogen-bond donors (Lipinski definition) is 0. The first-order chi connectivity index (χ1) is 12.6. The maximum absolute atomic E-state index is 12.3. The first-order valence-electron chi connectivity index (χ1n) is 8.82. The van der Waals surface area contributed by atoms with E-state index in [1.165, 1.54) is 5.56 Å². The molecule has 1 aliphatic carbocycles. The fourth-order valence-corrected chi connectivity index (χ4v) is 4.01. The molecule has 1 heterocycles. The quantitative estimate of drug-likeness (QED) is 0.850. The smallest absolute Gasteiger partial charge is 0.240 e. The molecule has 4 rings (SSSR count). The van der Waals surface area contributed by atoms with Gasteiger partial charge in [-0.1, -0.05) is 18.2 Å². The summed E-state index contributed by atoms with van der Waals surface area (Å²) >= 11 is 0. The van der Waals surface area contributed by atoms with Gasteiger partial charge in [-0.3, -0.25) is 4.79 Å². The molecule has 0 saturated carbocycles. The van der Waals surface area contributed by atoms with Crippen LogP contribution in [0.4, 0.5) is 0 Å². The highest BCUT2D eigenvalue weighted by Gasteiger charge is 2.43. The average molecular weight is 350 g/mol. The molecule has 0 spiro atoms. The van der Waals surface area contributed by atoms with Crippen LogP contribution in [0.3, 0.4) is 0 Å². The second kappa shape index (κ2) is 6.48. The number of hydrogen-bond acceptors (Lipinski definition) is 4. The van der Waals surface area contributed by atoms with Crippen molar-refractivity contribution in [2.24, 2.45) is 11.0 Å².